The van der Waals surface area contributed by atoms with E-state index in [0.717, 1.165) is 38.0 Å². The van der Waals surface area contributed by atoms with Gasteiger partial charge in [-0.3, -0.25) is 4.79 Å². The van der Waals surface area contributed by atoms with Crippen molar-refractivity contribution in [3.05, 3.63) is 11.6 Å². The molecule has 2 N–H and O–H groups in total. The fourth-order valence-corrected chi connectivity index (χ4v) is 7.68. The van der Waals surface area contributed by atoms with E-state index in [2.05, 4.69) is 19.9 Å². The Morgan fingerprint density at radius 1 is 1.16 bits per heavy atom. The van der Waals surface area contributed by atoms with Crippen LogP contribution in [0.25, 0.3) is 0 Å². The molecule has 0 saturated heterocycles. The van der Waals surface area contributed by atoms with Gasteiger partial charge in [-0.1, -0.05) is 32.4 Å². The summed E-state index contributed by atoms with van der Waals surface area (Å²) in [6, 6.07) is 0. The number of hydrogen-bond donors (Lipinski definition) is 2. The van der Waals surface area contributed by atoms with Crippen LogP contribution in [-0.4, -0.2) is 22.3 Å². The van der Waals surface area contributed by atoms with Crippen LogP contribution in [0.4, 0.5) is 0 Å². The Bertz CT molecular complexity index is 596. The first kappa shape index (κ1) is 17.6. The average molecular weight is 347 g/mol. The van der Waals surface area contributed by atoms with Gasteiger partial charge in [-0.25, -0.2) is 0 Å². The largest absolute Gasteiger partial charge is 0.481 e. The van der Waals surface area contributed by atoms with Gasteiger partial charge in [0.2, 0.25) is 0 Å². The monoisotopic (exact) mass is 346 g/mol. The topological polar surface area (TPSA) is 57.5 Å². The molecule has 3 nitrogen and oxygen atoms in total. The Labute approximate surface area is 151 Å². The van der Waals surface area contributed by atoms with Crippen molar-refractivity contribution in [2.45, 2.75) is 78.2 Å². The van der Waals surface area contributed by atoms with Gasteiger partial charge in [-0.2, -0.15) is 0 Å². The van der Waals surface area contributed by atoms with Gasteiger partial charge in [-0.15, -0.1) is 0 Å². The Morgan fingerprint density at radius 3 is 2.64 bits per heavy atom. The highest BCUT2D eigenvalue weighted by molar-refractivity contribution is 5.70. The molecule has 0 radical (unpaired) electrons. The third kappa shape index (κ3) is 2.44. The van der Waals surface area contributed by atoms with Gasteiger partial charge in [0.25, 0.3) is 0 Å². The summed E-state index contributed by atoms with van der Waals surface area (Å²) in [4.78, 5) is 11.6. The van der Waals surface area contributed by atoms with Crippen molar-refractivity contribution < 1.29 is 15.0 Å². The highest BCUT2D eigenvalue weighted by atomic mass is 16.4. The Morgan fingerprint density at radius 2 is 1.92 bits per heavy atom. The van der Waals surface area contributed by atoms with Crippen LogP contribution in [0.5, 0.6) is 0 Å². The molecule has 4 rings (SSSR count). The molecule has 4 aliphatic carbocycles. The van der Waals surface area contributed by atoms with E-state index in [1.807, 2.05) is 6.92 Å². The summed E-state index contributed by atoms with van der Waals surface area (Å²) in [5, 5.41) is 19.7. The standard InChI is InChI=1S/C22H34O3/c1-13(20(24)25)17-6-7-18-16-5-4-14-12-15(23)8-10-21(14,2)19(16)9-11-22(17,18)3/h4,13,15-19,23H,5-12H2,1-3H3,(H,24,25)/t13-,15+,16-,17-,18+,19-,21+,22-/m1/s1. The van der Waals surface area contributed by atoms with Crippen molar-refractivity contribution in [3.8, 4) is 0 Å². The number of aliphatic hydroxyl groups excluding tert-OH is 1. The number of fused-ring (bicyclic) bond motifs is 5. The highest BCUT2D eigenvalue weighted by Gasteiger charge is 2.59. The van der Waals surface area contributed by atoms with Crippen molar-refractivity contribution in [1.29, 1.82) is 0 Å². The molecule has 25 heavy (non-hydrogen) atoms. The number of aliphatic hydroxyl groups is 1. The maximum Gasteiger partial charge on any atom is 0.306 e. The minimum absolute atomic E-state index is 0.142. The first-order valence-corrected chi connectivity index (χ1v) is 10.4. The summed E-state index contributed by atoms with van der Waals surface area (Å²) in [5.74, 6) is 1.63. The van der Waals surface area contributed by atoms with Crippen LogP contribution < -0.4 is 0 Å². The predicted octanol–water partition coefficient (Wildman–Crippen LogP) is 4.65. The lowest BCUT2D eigenvalue weighted by Gasteiger charge is -2.58. The maximum absolute atomic E-state index is 11.6. The van der Waals surface area contributed by atoms with Crippen LogP contribution in [-0.2, 0) is 4.79 Å². The van der Waals surface area contributed by atoms with E-state index in [1.165, 1.54) is 24.8 Å². The SMILES string of the molecule is C[C@@H](C(=O)O)[C@H]1CC[C@H]2[C@H]3CC=C4C[C@@H](O)CC[C@]4(C)[C@@H]3CC[C@]12C. The average Bonchev–Trinajstić information content (AvgIpc) is 2.92. The van der Waals surface area contributed by atoms with Gasteiger partial charge < -0.3 is 10.2 Å². The van der Waals surface area contributed by atoms with Crippen molar-refractivity contribution in [2.75, 3.05) is 0 Å². The summed E-state index contributed by atoms with van der Waals surface area (Å²) < 4.78 is 0. The predicted molar refractivity (Wildman–Crippen MR) is 98.0 cm³/mol. The zero-order valence-corrected chi connectivity index (χ0v) is 16.0. The fourth-order valence-electron chi connectivity index (χ4n) is 7.68. The molecule has 0 amide bonds. The summed E-state index contributed by atoms with van der Waals surface area (Å²) in [6.45, 7) is 6.78. The molecular weight excluding hydrogens is 312 g/mol. The van der Waals surface area contributed by atoms with E-state index < -0.39 is 5.97 Å². The number of allylic oxidation sites excluding steroid dienone is 1. The van der Waals surface area contributed by atoms with Crippen molar-refractivity contribution in [3.63, 3.8) is 0 Å². The second-order valence-electron chi connectivity index (χ2n) is 10.0. The number of carbonyl (C=O) groups is 1. The molecule has 0 bridgehead atoms. The van der Waals surface area contributed by atoms with Crippen molar-refractivity contribution in [1.82, 2.24) is 0 Å². The molecule has 140 valence electrons. The molecule has 3 fully saturated rings. The van der Waals surface area contributed by atoms with E-state index in [1.54, 1.807) is 0 Å². The molecule has 4 aliphatic rings. The van der Waals surface area contributed by atoms with Crippen LogP contribution in [0.2, 0.25) is 0 Å². The van der Waals surface area contributed by atoms with Gasteiger partial charge >= 0.3 is 5.97 Å². The third-order valence-corrected chi connectivity index (χ3v) is 9.14. The second kappa shape index (κ2) is 5.84. The molecule has 0 aromatic carbocycles. The fraction of sp³-hybridized carbons (Fsp3) is 0.864. The molecular formula is C22H34O3. The van der Waals surface area contributed by atoms with Crippen molar-refractivity contribution in [2.24, 2.45) is 40.4 Å². The molecule has 0 unspecified atom stereocenters. The highest BCUT2D eigenvalue weighted by Crippen LogP contribution is 2.67. The lowest BCUT2D eigenvalue weighted by atomic mass is 9.47. The molecule has 0 heterocycles. The smallest absolute Gasteiger partial charge is 0.306 e. The molecule has 8 atom stereocenters. The number of carboxylic acid groups (broad SMARTS) is 1. The Balaban J connectivity index is 1.63. The Kier molecular flexibility index (Phi) is 4.10. The van der Waals surface area contributed by atoms with E-state index in [-0.39, 0.29) is 22.9 Å². The van der Waals surface area contributed by atoms with Crippen LogP contribution >= 0.6 is 0 Å². The molecule has 3 saturated carbocycles. The number of aliphatic carboxylic acids is 1. The van der Waals surface area contributed by atoms with E-state index in [0.29, 0.717) is 17.8 Å². The number of hydrogen-bond acceptors (Lipinski definition) is 2. The summed E-state index contributed by atoms with van der Waals surface area (Å²) in [7, 11) is 0. The minimum atomic E-state index is -0.618. The van der Waals surface area contributed by atoms with Crippen LogP contribution in [0.3, 0.4) is 0 Å². The summed E-state index contributed by atoms with van der Waals surface area (Å²) >= 11 is 0. The molecule has 0 spiro atoms. The van der Waals surface area contributed by atoms with Crippen molar-refractivity contribution >= 4 is 5.97 Å². The Hall–Kier alpha value is -0.830. The van der Waals surface area contributed by atoms with E-state index >= 15 is 0 Å². The number of rotatable bonds is 2. The van der Waals surface area contributed by atoms with Crippen LogP contribution in [0.1, 0.15) is 72.1 Å². The van der Waals surface area contributed by atoms with Crippen LogP contribution in [0, 0.1) is 40.4 Å². The maximum atomic E-state index is 11.6. The van der Waals surface area contributed by atoms with E-state index in [4.69, 9.17) is 0 Å². The van der Waals surface area contributed by atoms with Gasteiger partial charge in [0, 0.05) is 0 Å². The lowest BCUT2D eigenvalue weighted by molar-refractivity contribution is -0.146. The molecule has 3 heteroatoms. The van der Waals surface area contributed by atoms with Gasteiger partial charge in [0.1, 0.15) is 0 Å². The number of carboxylic acids is 1. The molecule has 0 aromatic rings. The normalized spacial score (nSPS) is 50.2. The molecule has 0 aliphatic heterocycles. The summed E-state index contributed by atoms with van der Waals surface area (Å²) in [6.07, 6.45) is 11.1. The van der Waals surface area contributed by atoms with Gasteiger partial charge in [0.05, 0.1) is 12.0 Å². The quantitative estimate of drug-likeness (QED) is 0.716. The lowest BCUT2D eigenvalue weighted by Crippen LogP contribution is -2.51. The zero-order valence-electron chi connectivity index (χ0n) is 16.0. The first-order valence-electron chi connectivity index (χ1n) is 10.4. The van der Waals surface area contributed by atoms with Gasteiger partial charge in [0.15, 0.2) is 0 Å². The molecule has 0 aromatic heterocycles. The second-order valence-corrected chi connectivity index (χ2v) is 10.0. The minimum Gasteiger partial charge on any atom is -0.481 e. The first-order chi connectivity index (χ1) is 11.8. The van der Waals surface area contributed by atoms with Gasteiger partial charge in [-0.05, 0) is 85.9 Å². The summed E-state index contributed by atoms with van der Waals surface area (Å²) in [5.41, 5.74) is 2.00. The third-order valence-electron chi connectivity index (χ3n) is 9.14. The van der Waals surface area contributed by atoms with Crippen LogP contribution in [0.15, 0.2) is 11.6 Å². The van der Waals surface area contributed by atoms with E-state index in [9.17, 15) is 15.0 Å². The zero-order chi connectivity index (χ0) is 18.0.